The Labute approximate surface area is 171 Å². The number of urea groups is 1. The molecule has 1 heterocycles. The molecular formula is C21H26N3O4S+. The zero-order valence-electron chi connectivity index (χ0n) is 16.9. The van der Waals surface area contributed by atoms with Gasteiger partial charge in [-0.1, -0.05) is 0 Å². The SMILES string of the molecule is Cc1oc(S(N)(=O)=NC(=O)NC2=C3CCCC3=[C+]C3=C2CCC3)cc1C(C)(C)O. The minimum absolute atomic E-state index is 0.126. The van der Waals surface area contributed by atoms with E-state index < -0.39 is 21.5 Å². The number of aryl methyl sites for hydroxylation is 1. The lowest BCUT2D eigenvalue weighted by Crippen LogP contribution is -2.26. The van der Waals surface area contributed by atoms with E-state index in [0.717, 1.165) is 66.5 Å². The van der Waals surface area contributed by atoms with Gasteiger partial charge in [0.2, 0.25) is 5.09 Å². The largest absolute Gasteiger partial charge is 0.450 e. The van der Waals surface area contributed by atoms with Crippen LogP contribution in [0.15, 0.2) is 47.9 Å². The van der Waals surface area contributed by atoms with Crippen molar-refractivity contribution in [1.82, 2.24) is 5.32 Å². The summed E-state index contributed by atoms with van der Waals surface area (Å²) in [7, 11) is -3.59. The van der Waals surface area contributed by atoms with Crippen molar-refractivity contribution in [2.45, 2.75) is 70.0 Å². The van der Waals surface area contributed by atoms with Crippen LogP contribution in [0.5, 0.6) is 0 Å². The van der Waals surface area contributed by atoms with Crippen molar-refractivity contribution in [3.05, 3.63) is 51.5 Å². The molecule has 3 aliphatic carbocycles. The summed E-state index contributed by atoms with van der Waals surface area (Å²) in [5.74, 6) is 0.385. The average molecular weight is 417 g/mol. The van der Waals surface area contributed by atoms with Gasteiger partial charge >= 0.3 is 6.03 Å². The molecule has 29 heavy (non-hydrogen) atoms. The predicted molar refractivity (Wildman–Crippen MR) is 109 cm³/mol. The molecule has 154 valence electrons. The van der Waals surface area contributed by atoms with Crippen LogP contribution in [0.4, 0.5) is 4.79 Å². The van der Waals surface area contributed by atoms with Gasteiger partial charge in [0.25, 0.3) is 0 Å². The van der Waals surface area contributed by atoms with E-state index in [1.165, 1.54) is 6.07 Å². The van der Waals surface area contributed by atoms with E-state index >= 15 is 0 Å². The second-order valence-electron chi connectivity index (χ2n) is 8.31. The number of aliphatic hydroxyl groups is 1. The summed E-state index contributed by atoms with van der Waals surface area (Å²) in [6, 6.07) is 0.646. The lowest BCUT2D eigenvalue weighted by molar-refractivity contribution is 0.0769. The van der Waals surface area contributed by atoms with Crippen LogP contribution in [-0.4, -0.2) is 15.3 Å². The Morgan fingerprint density at radius 1 is 1.28 bits per heavy atom. The summed E-state index contributed by atoms with van der Waals surface area (Å²) in [6.07, 6.45) is 9.28. The van der Waals surface area contributed by atoms with Gasteiger partial charge in [0.1, 0.15) is 16.9 Å². The van der Waals surface area contributed by atoms with Crippen LogP contribution in [0, 0.1) is 13.0 Å². The maximum absolute atomic E-state index is 12.9. The molecule has 1 unspecified atom stereocenters. The first-order valence-corrected chi connectivity index (χ1v) is 11.4. The Morgan fingerprint density at radius 3 is 2.66 bits per heavy atom. The monoisotopic (exact) mass is 416 g/mol. The highest BCUT2D eigenvalue weighted by atomic mass is 32.2. The van der Waals surface area contributed by atoms with E-state index in [9.17, 15) is 14.1 Å². The molecule has 1 aromatic heterocycles. The van der Waals surface area contributed by atoms with E-state index in [2.05, 4.69) is 15.8 Å². The van der Waals surface area contributed by atoms with E-state index in [1.807, 2.05) is 0 Å². The van der Waals surface area contributed by atoms with Crippen LogP contribution in [-0.2, 0) is 15.5 Å². The molecule has 0 saturated heterocycles. The number of hydrogen-bond donors (Lipinski definition) is 3. The van der Waals surface area contributed by atoms with Gasteiger partial charge in [-0.3, -0.25) is 5.32 Å². The summed E-state index contributed by atoms with van der Waals surface area (Å²) < 4.78 is 22.1. The van der Waals surface area contributed by atoms with Gasteiger partial charge < -0.3 is 9.52 Å². The fraction of sp³-hybridized carbons (Fsp3) is 0.476. The molecule has 0 aliphatic heterocycles. The molecule has 1 aromatic rings. The zero-order chi connectivity index (χ0) is 21.0. The first-order valence-electron chi connectivity index (χ1n) is 9.84. The zero-order valence-corrected chi connectivity index (χ0v) is 17.7. The van der Waals surface area contributed by atoms with Gasteiger partial charge in [-0.05, 0) is 33.6 Å². The fourth-order valence-electron chi connectivity index (χ4n) is 4.33. The first-order chi connectivity index (χ1) is 13.6. The quantitative estimate of drug-likeness (QED) is 0.648. The van der Waals surface area contributed by atoms with Crippen LogP contribution in [0.3, 0.4) is 0 Å². The molecule has 0 radical (unpaired) electrons. The summed E-state index contributed by atoms with van der Waals surface area (Å²) in [5, 5.41) is 18.8. The molecule has 0 bridgehead atoms. The standard InChI is InChI=1S/C21H25N3O4S/c1-12-17(21(2,3)26)11-18(28-12)29(22,27)24-20(25)23-19-15-8-4-6-13(15)10-14-7-5-9-16(14)19/h11,26H,4-9H2,1-3H3,(H2-,22,23,24,25,27)/p+1. The number of carbonyl (C=O) groups is 1. The molecule has 2 amide bonds. The highest BCUT2D eigenvalue weighted by Crippen LogP contribution is 2.43. The van der Waals surface area contributed by atoms with Gasteiger partial charge in [0, 0.05) is 43.4 Å². The minimum Gasteiger partial charge on any atom is -0.450 e. The van der Waals surface area contributed by atoms with Gasteiger partial charge in [-0.25, -0.2) is 14.1 Å². The van der Waals surface area contributed by atoms with Crippen molar-refractivity contribution >= 4 is 15.9 Å². The number of nitrogens with zero attached hydrogens (tertiary/aromatic N) is 1. The molecule has 1 atom stereocenters. The summed E-state index contributed by atoms with van der Waals surface area (Å²) in [4.78, 5) is 12.7. The van der Waals surface area contributed by atoms with E-state index in [0.29, 0.717) is 11.3 Å². The van der Waals surface area contributed by atoms with Crippen molar-refractivity contribution in [2.24, 2.45) is 9.50 Å². The Hall–Kier alpha value is -2.25. The van der Waals surface area contributed by atoms with Gasteiger partial charge in [0.05, 0.1) is 16.7 Å². The lowest BCUT2D eigenvalue weighted by atomic mass is 9.92. The van der Waals surface area contributed by atoms with E-state index in [4.69, 9.17) is 9.56 Å². The van der Waals surface area contributed by atoms with Crippen molar-refractivity contribution < 1.29 is 18.5 Å². The van der Waals surface area contributed by atoms with Gasteiger partial charge in [-0.2, -0.15) is 0 Å². The van der Waals surface area contributed by atoms with Crippen LogP contribution in [0.2, 0.25) is 0 Å². The molecule has 8 heteroatoms. The number of rotatable bonds is 3. The molecule has 0 aromatic carbocycles. The molecule has 7 nitrogen and oxygen atoms in total. The van der Waals surface area contributed by atoms with Crippen molar-refractivity contribution in [3.8, 4) is 0 Å². The summed E-state index contributed by atoms with van der Waals surface area (Å²) in [6.45, 7) is 4.81. The van der Waals surface area contributed by atoms with Crippen molar-refractivity contribution in [1.29, 1.82) is 0 Å². The van der Waals surface area contributed by atoms with Crippen LogP contribution in [0.25, 0.3) is 0 Å². The molecule has 4 rings (SSSR count). The molecule has 1 saturated carbocycles. The number of fused-ring (bicyclic) bond motifs is 1. The topological polar surface area (TPSA) is 118 Å². The Kier molecular flexibility index (Phi) is 4.78. The Balaban J connectivity index is 1.65. The number of hydrogen-bond acceptors (Lipinski definition) is 4. The third-order valence-electron chi connectivity index (χ3n) is 5.63. The fourth-order valence-corrected chi connectivity index (χ4v) is 5.25. The average Bonchev–Trinajstić information content (AvgIpc) is 3.31. The number of furan rings is 1. The van der Waals surface area contributed by atoms with Crippen LogP contribution in [0.1, 0.15) is 63.7 Å². The number of amides is 2. The highest BCUT2D eigenvalue weighted by molar-refractivity contribution is 7.91. The predicted octanol–water partition coefficient (Wildman–Crippen LogP) is 3.89. The third-order valence-corrected chi connectivity index (χ3v) is 6.85. The summed E-state index contributed by atoms with van der Waals surface area (Å²) >= 11 is 0. The molecule has 4 N–H and O–H groups in total. The van der Waals surface area contributed by atoms with Crippen LogP contribution >= 0.6 is 0 Å². The maximum Gasteiger partial charge on any atom is 0.356 e. The Morgan fingerprint density at radius 2 is 1.97 bits per heavy atom. The second kappa shape index (κ2) is 6.92. The number of carbonyl (C=O) groups excluding carboxylic acids is 1. The number of allylic oxidation sites excluding steroid dienone is 5. The number of nitrogens with two attached hydrogens (primary N) is 1. The molecular weight excluding hydrogens is 390 g/mol. The first kappa shape index (κ1) is 20.0. The normalized spacial score (nSPS) is 20.7. The highest BCUT2D eigenvalue weighted by Gasteiger charge is 2.38. The second-order valence-corrected chi connectivity index (χ2v) is 10.0. The molecule has 0 spiro atoms. The summed E-state index contributed by atoms with van der Waals surface area (Å²) in [5.41, 5.74) is 4.59. The van der Waals surface area contributed by atoms with E-state index in [1.54, 1.807) is 20.8 Å². The smallest absolute Gasteiger partial charge is 0.356 e. The molecule has 1 fully saturated rings. The lowest BCUT2D eigenvalue weighted by Gasteiger charge is -2.15. The molecule has 3 aliphatic rings. The van der Waals surface area contributed by atoms with Crippen LogP contribution < -0.4 is 10.5 Å². The minimum atomic E-state index is -3.59. The Bertz CT molecular complexity index is 1110. The van der Waals surface area contributed by atoms with Gasteiger partial charge in [0.15, 0.2) is 15.6 Å². The van der Waals surface area contributed by atoms with Crippen molar-refractivity contribution in [2.75, 3.05) is 0 Å². The maximum atomic E-state index is 12.9. The van der Waals surface area contributed by atoms with E-state index in [-0.39, 0.29) is 5.09 Å². The third kappa shape index (κ3) is 3.69. The van der Waals surface area contributed by atoms with Crippen molar-refractivity contribution in [3.63, 3.8) is 0 Å². The number of nitrogens with one attached hydrogen (secondary N) is 1. The van der Waals surface area contributed by atoms with Gasteiger partial charge in [-0.15, -0.1) is 4.36 Å².